The molecule has 1 aliphatic rings. The smallest absolute Gasteiger partial charge is 0.0409 e. The molecule has 0 aromatic heterocycles. The van der Waals surface area contributed by atoms with Crippen LogP contribution in [0.4, 0.5) is 0 Å². The average molecular weight is 281 g/mol. The Hall–Kier alpha value is -0.570. The third-order valence-corrected chi connectivity index (χ3v) is 4.49. The normalized spacial score (nSPS) is 18.1. The molecule has 1 saturated carbocycles. The van der Waals surface area contributed by atoms with Crippen molar-refractivity contribution in [3.63, 3.8) is 0 Å². The van der Waals surface area contributed by atoms with Crippen LogP contribution in [0.5, 0.6) is 0 Å². The van der Waals surface area contributed by atoms with Crippen LogP contribution in [0.2, 0.25) is 5.02 Å². The fourth-order valence-electron chi connectivity index (χ4n) is 3.08. The third kappa shape index (κ3) is 4.20. The van der Waals surface area contributed by atoms with Gasteiger partial charge in [0.2, 0.25) is 0 Å². The monoisotopic (exact) mass is 280 g/mol. The van der Waals surface area contributed by atoms with Crippen molar-refractivity contribution >= 4 is 11.6 Å². The highest BCUT2D eigenvalue weighted by atomic mass is 35.5. The van der Waals surface area contributed by atoms with Gasteiger partial charge in [-0.3, -0.25) is 0 Å². The quantitative estimate of drug-likeness (QED) is 0.854. The predicted molar refractivity (Wildman–Crippen MR) is 82.5 cm³/mol. The Balaban J connectivity index is 1.86. The van der Waals surface area contributed by atoms with Crippen molar-refractivity contribution in [2.75, 3.05) is 13.1 Å². The van der Waals surface area contributed by atoms with Crippen LogP contribution in [-0.4, -0.2) is 24.0 Å². The summed E-state index contributed by atoms with van der Waals surface area (Å²) in [7, 11) is 0. The lowest BCUT2D eigenvalue weighted by Crippen LogP contribution is -2.35. The van der Waals surface area contributed by atoms with Gasteiger partial charge in [0.1, 0.15) is 0 Å². The molecule has 19 heavy (non-hydrogen) atoms. The number of rotatable bonds is 6. The highest BCUT2D eigenvalue weighted by Crippen LogP contribution is 2.25. The molecule has 1 atom stereocenters. The zero-order valence-electron chi connectivity index (χ0n) is 11.8. The molecular formula is C16H25ClN2. The summed E-state index contributed by atoms with van der Waals surface area (Å²) in [6.45, 7) is 4.48. The van der Waals surface area contributed by atoms with Crippen LogP contribution in [0, 0.1) is 0 Å². The largest absolute Gasteiger partial charge is 0.324 e. The minimum absolute atomic E-state index is 0.0918. The third-order valence-electron chi connectivity index (χ3n) is 4.25. The van der Waals surface area contributed by atoms with Crippen molar-refractivity contribution in [3.8, 4) is 0 Å². The number of nitrogens with zero attached hydrogens (tertiary/aromatic N) is 1. The summed E-state index contributed by atoms with van der Waals surface area (Å²) in [5.74, 6) is 0. The maximum atomic E-state index is 6.28. The van der Waals surface area contributed by atoms with E-state index in [0.29, 0.717) is 0 Å². The van der Waals surface area contributed by atoms with Crippen LogP contribution in [0.3, 0.4) is 0 Å². The number of nitrogens with two attached hydrogens (primary N) is 1. The van der Waals surface area contributed by atoms with Gasteiger partial charge in [0.25, 0.3) is 0 Å². The van der Waals surface area contributed by atoms with Gasteiger partial charge in [-0.1, -0.05) is 43.5 Å². The second-order valence-electron chi connectivity index (χ2n) is 5.52. The molecule has 0 amide bonds. The summed E-state index contributed by atoms with van der Waals surface area (Å²) in [4.78, 5) is 2.59. The number of benzene rings is 1. The molecule has 1 aromatic carbocycles. The van der Waals surface area contributed by atoms with Crippen LogP contribution < -0.4 is 5.73 Å². The molecule has 2 rings (SSSR count). The van der Waals surface area contributed by atoms with Crippen LogP contribution in [0.15, 0.2) is 24.3 Å². The Bertz CT molecular complexity index is 388. The van der Waals surface area contributed by atoms with Gasteiger partial charge in [-0.2, -0.15) is 0 Å². The molecule has 1 aromatic rings. The molecular weight excluding hydrogens is 256 g/mol. The molecule has 0 aliphatic heterocycles. The van der Waals surface area contributed by atoms with Crippen molar-refractivity contribution in [1.82, 2.24) is 4.90 Å². The van der Waals surface area contributed by atoms with E-state index in [1.54, 1.807) is 0 Å². The summed E-state index contributed by atoms with van der Waals surface area (Å²) in [6.07, 6.45) is 6.51. The lowest BCUT2D eigenvalue weighted by Gasteiger charge is -2.28. The molecule has 2 nitrogen and oxygen atoms in total. The van der Waals surface area contributed by atoms with E-state index < -0.39 is 0 Å². The first kappa shape index (κ1) is 14.8. The summed E-state index contributed by atoms with van der Waals surface area (Å²) >= 11 is 6.02. The molecule has 0 heterocycles. The molecule has 1 aliphatic carbocycles. The highest BCUT2D eigenvalue weighted by molar-refractivity contribution is 6.30. The Morgan fingerprint density at radius 2 is 2.11 bits per heavy atom. The van der Waals surface area contributed by atoms with Crippen LogP contribution in [0.25, 0.3) is 0 Å². The van der Waals surface area contributed by atoms with Crippen molar-refractivity contribution in [3.05, 3.63) is 34.9 Å². The zero-order chi connectivity index (χ0) is 13.7. The van der Waals surface area contributed by atoms with Gasteiger partial charge in [0, 0.05) is 23.7 Å². The molecule has 0 radical (unpaired) electrons. The Labute approximate surface area is 121 Å². The van der Waals surface area contributed by atoms with Crippen LogP contribution in [-0.2, 0) is 0 Å². The average Bonchev–Trinajstić information content (AvgIpc) is 2.93. The van der Waals surface area contributed by atoms with Gasteiger partial charge in [-0.15, -0.1) is 0 Å². The summed E-state index contributed by atoms with van der Waals surface area (Å²) in [6, 6.07) is 8.81. The molecule has 0 bridgehead atoms. The fourth-order valence-corrected chi connectivity index (χ4v) is 3.28. The minimum Gasteiger partial charge on any atom is -0.324 e. The van der Waals surface area contributed by atoms with Gasteiger partial charge in [-0.05, 0) is 43.5 Å². The van der Waals surface area contributed by atoms with E-state index >= 15 is 0 Å². The van der Waals surface area contributed by atoms with E-state index in [4.69, 9.17) is 17.3 Å². The van der Waals surface area contributed by atoms with E-state index in [1.807, 2.05) is 18.2 Å². The van der Waals surface area contributed by atoms with Gasteiger partial charge >= 0.3 is 0 Å². The van der Waals surface area contributed by atoms with Crippen molar-refractivity contribution in [1.29, 1.82) is 0 Å². The Morgan fingerprint density at radius 1 is 1.37 bits per heavy atom. The molecule has 3 heteroatoms. The summed E-state index contributed by atoms with van der Waals surface area (Å²) < 4.78 is 0. The van der Waals surface area contributed by atoms with Crippen LogP contribution in [0.1, 0.15) is 50.6 Å². The molecule has 0 saturated heterocycles. The number of hydrogen-bond acceptors (Lipinski definition) is 2. The number of hydrogen-bond donors (Lipinski definition) is 1. The predicted octanol–water partition coefficient (Wildman–Crippen LogP) is 3.99. The minimum atomic E-state index is 0.0918. The maximum Gasteiger partial charge on any atom is 0.0409 e. The highest BCUT2D eigenvalue weighted by Gasteiger charge is 2.21. The summed E-state index contributed by atoms with van der Waals surface area (Å²) in [5, 5.41) is 0.774. The SMILES string of the molecule is CCN(CCC(N)c1cccc(Cl)c1)C1CCCC1. The lowest BCUT2D eigenvalue weighted by molar-refractivity contribution is 0.202. The second-order valence-corrected chi connectivity index (χ2v) is 5.95. The first-order valence-electron chi connectivity index (χ1n) is 7.45. The first-order valence-corrected chi connectivity index (χ1v) is 7.83. The van der Waals surface area contributed by atoms with Gasteiger partial charge < -0.3 is 10.6 Å². The Kier molecular flexibility index (Phi) is 5.68. The first-order chi connectivity index (χ1) is 9.20. The van der Waals surface area contributed by atoms with Crippen molar-refractivity contribution in [2.45, 2.75) is 51.1 Å². The lowest BCUT2D eigenvalue weighted by atomic mass is 10.0. The van der Waals surface area contributed by atoms with E-state index in [1.165, 1.54) is 25.7 Å². The van der Waals surface area contributed by atoms with Crippen molar-refractivity contribution in [2.24, 2.45) is 5.73 Å². The van der Waals surface area contributed by atoms with E-state index in [2.05, 4.69) is 17.9 Å². The van der Waals surface area contributed by atoms with Crippen LogP contribution >= 0.6 is 11.6 Å². The maximum absolute atomic E-state index is 6.28. The molecule has 0 spiro atoms. The molecule has 2 N–H and O–H groups in total. The topological polar surface area (TPSA) is 29.3 Å². The van der Waals surface area contributed by atoms with Gasteiger partial charge in [0.15, 0.2) is 0 Å². The van der Waals surface area contributed by atoms with Crippen molar-refractivity contribution < 1.29 is 0 Å². The molecule has 1 fully saturated rings. The molecule has 1 unspecified atom stereocenters. The second kappa shape index (κ2) is 7.28. The fraction of sp³-hybridized carbons (Fsp3) is 0.625. The van der Waals surface area contributed by atoms with E-state index in [0.717, 1.165) is 36.1 Å². The Morgan fingerprint density at radius 3 is 2.74 bits per heavy atom. The zero-order valence-corrected chi connectivity index (χ0v) is 12.6. The summed E-state index contributed by atoms with van der Waals surface area (Å²) in [5.41, 5.74) is 7.43. The van der Waals surface area contributed by atoms with Gasteiger partial charge in [0.05, 0.1) is 0 Å². The molecule has 106 valence electrons. The van der Waals surface area contributed by atoms with Gasteiger partial charge in [-0.25, -0.2) is 0 Å². The standard InChI is InChI=1S/C16H25ClN2/c1-2-19(15-8-3-4-9-15)11-10-16(18)13-6-5-7-14(17)12-13/h5-7,12,15-16H,2-4,8-11,18H2,1H3. The number of halogens is 1. The van der Waals surface area contributed by atoms with E-state index in [-0.39, 0.29) is 6.04 Å². The van der Waals surface area contributed by atoms with E-state index in [9.17, 15) is 0 Å².